The van der Waals surface area contributed by atoms with Crippen LogP contribution in [0.25, 0.3) is 0 Å². The van der Waals surface area contributed by atoms with Crippen molar-refractivity contribution in [2.24, 2.45) is 35.5 Å². The van der Waals surface area contributed by atoms with Crippen LogP contribution in [-0.2, 0) is 0 Å². The molecular formula is C18H34. The van der Waals surface area contributed by atoms with Gasteiger partial charge in [0, 0.05) is 0 Å². The molecule has 4 saturated carbocycles. The second kappa shape index (κ2) is 6.44. The summed E-state index contributed by atoms with van der Waals surface area (Å²) in [5, 5.41) is 0. The SMILES string of the molecule is C1CC2CCC1C2.CC.CC1C2CCC(C2)C1C. The highest BCUT2D eigenvalue weighted by Gasteiger charge is 2.42. The minimum absolute atomic E-state index is 1.05. The molecule has 4 atom stereocenters. The molecular weight excluding hydrogens is 216 g/mol. The maximum atomic E-state index is 2.44. The van der Waals surface area contributed by atoms with E-state index in [1.807, 2.05) is 13.8 Å². The van der Waals surface area contributed by atoms with Gasteiger partial charge in [0.05, 0.1) is 0 Å². The van der Waals surface area contributed by atoms with E-state index in [9.17, 15) is 0 Å². The Bertz CT molecular complexity index is 208. The van der Waals surface area contributed by atoms with Crippen molar-refractivity contribution >= 4 is 0 Å². The van der Waals surface area contributed by atoms with E-state index in [0.717, 1.165) is 23.7 Å². The summed E-state index contributed by atoms with van der Waals surface area (Å²) in [5.74, 6) is 6.66. The van der Waals surface area contributed by atoms with E-state index in [-0.39, 0.29) is 0 Å². The van der Waals surface area contributed by atoms with Crippen molar-refractivity contribution in [3.8, 4) is 0 Å². The summed E-state index contributed by atoms with van der Waals surface area (Å²) < 4.78 is 0. The zero-order chi connectivity index (χ0) is 13.1. The van der Waals surface area contributed by atoms with Crippen molar-refractivity contribution in [3.05, 3.63) is 0 Å². The molecule has 0 N–H and O–H groups in total. The Labute approximate surface area is 115 Å². The van der Waals surface area contributed by atoms with Crippen LogP contribution < -0.4 is 0 Å². The number of hydrogen-bond donors (Lipinski definition) is 0. The molecule has 0 aliphatic heterocycles. The van der Waals surface area contributed by atoms with Gasteiger partial charge in [0.25, 0.3) is 0 Å². The van der Waals surface area contributed by atoms with Gasteiger partial charge in [-0.05, 0) is 61.2 Å². The van der Waals surface area contributed by atoms with E-state index in [1.165, 1.54) is 24.7 Å². The molecule has 4 aliphatic rings. The predicted molar refractivity (Wildman–Crippen MR) is 80.6 cm³/mol. The first-order valence-electron chi connectivity index (χ1n) is 8.74. The fraction of sp³-hybridized carbons (Fsp3) is 1.00. The standard InChI is InChI=1S/C9H16.C7H12.C2H6/c1-6-7(2)9-4-3-8(6)5-9;1-2-7-4-3-6(1)5-7;1-2/h6-9H,3-5H2,1-2H3;6-7H,1-5H2;1-2H3. The van der Waals surface area contributed by atoms with Crippen LogP contribution >= 0.6 is 0 Å². The smallest absolute Gasteiger partial charge is 0.0383 e. The van der Waals surface area contributed by atoms with E-state index in [1.54, 1.807) is 38.5 Å². The van der Waals surface area contributed by atoms with Crippen LogP contribution in [0.1, 0.15) is 79.1 Å². The summed E-state index contributed by atoms with van der Waals surface area (Å²) in [5.41, 5.74) is 0. The lowest BCUT2D eigenvalue weighted by Crippen LogP contribution is -2.15. The van der Waals surface area contributed by atoms with Crippen LogP contribution in [0.2, 0.25) is 0 Å². The molecule has 0 spiro atoms. The lowest BCUT2D eigenvalue weighted by molar-refractivity contribution is 0.259. The third-order valence-electron chi connectivity index (χ3n) is 6.46. The zero-order valence-corrected chi connectivity index (χ0v) is 13.1. The highest BCUT2D eigenvalue weighted by molar-refractivity contribution is 4.92. The average Bonchev–Trinajstić information content (AvgIpc) is 3.18. The zero-order valence-electron chi connectivity index (χ0n) is 13.1. The van der Waals surface area contributed by atoms with E-state index < -0.39 is 0 Å². The first-order chi connectivity index (χ1) is 8.74. The summed E-state index contributed by atoms with van der Waals surface area (Å²) in [4.78, 5) is 0. The molecule has 0 radical (unpaired) electrons. The number of hydrogen-bond acceptors (Lipinski definition) is 0. The molecule has 0 aromatic carbocycles. The molecule has 4 fully saturated rings. The Balaban J connectivity index is 0.000000120. The van der Waals surface area contributed by atoms with E-state index in [4.69, 9.17) is 0 Å². The normalized spacial score (nSPS) is 47.3. The molecule has 0 heteroatoms. The second-order valence-corrected chi connectivity index (χ2v) is 7.17. The first-order valence-corrected chi connectivity index (χ1v) is 8.74. The highest BCUT2D eigenvalue weighted by atomic mass is 14.5. The van der Waals surface area contributed by atoms with Crippen LogP contribution in [0.5, 0.6) is 0 Å². The molecule has 18 heavy (non-hydrogen) atoms. The molecule has 4 bridgehead atoms. The van der Waals surface area contributed by atoms with Gasteiger partial charge in [-0.1, -0.05) is 53.4 Å². The Morgan fingerprint density at radius 3 is 1.11 bits per heavy atom. The molecule has 4 aliphatic carbocycles. The monoisotopic (exact) mass is 250 g/mol. The Morgan fingerprint density at radius 2 is 0.944 bits per heavy atom. The summed E-state index contributed by atoms with van der Waals surface area (Å²) in [6, 6.07) is 0. The van der Waals surface area contributed by atoms with Crippen LogP contribution in [-0.4, -0.2) is 0 Å². The third-order valence-corrected chi connectivity index (χ3v) is 6.46. The molecule has 0 heterocycles. The lowest BCUT2D eigenvalue weighted by Gasteiger charge is -2.24. The minimum atomic E-state index is 1.05. The van der Waals surface area contributed by atoms with Gasteiger partial charge in [0.2, 0.25) is 0 Å². The second-order valence-electron chi connectivity index (χ2n) is 7.17. The maximum absolute atomic E-state index is 2.44. The summed E-state index contributed by atoms with van der Waals surface area (Å²) in [6.07, 6.45) is 12.5. The van der Waals surface area contributed by atoms with Gasteiger partial charge in [-0.15, -0.1) is 0 Å². The number of fused-ring (bicyclic) bond motifs is 4. The molecule has 0 aromatic heterocycles. The Hall–Kier alpha value is 0. The van der Waals surface area contributed by atoms with Crippen molar-refractivity contribution < 1.29 is 0 Å². The number of rotatable bonds is 0. The fourth-order valence-electron chi connectivity index (χ4n) is 5.04. The van der Waals surface area contributed by atoms with Crippen LogP contribution in [0.4, 0.5) is 0 Å². The molecule has 4 rings (SSSR count). The molecule has 4 unspecified atom stereocenters. The minimum Gasteiger partial charge on any atom is -0.0683 e. The van der Waals surface area contributed by atoms with Gasteiger partial charge in [-0.3, -0.25) is 0 Å². The van der Waals surface area contributed by atoms with Gasteiger partial charge in [-0.2, -0.15) is 0 Å². The first kappa shape index (κ1) is 14.4. The molecule has 0 amide bonds. The van der Waals surface area contributed by atoms with Crippen LogP contribution in [0.3, 0.4) is 0 Å². The average molecular weight is 250 g/mol. The van der Waals surface area contributed by atoms with E-state index >= 15 is 0 Å². The van der Waals surface area contributed by atoms with E-state index in [2.05, 4.69) is 13.8 Å². The Kier molecular flexibility index (Phi) is 5.15. The third kappa shape index (κ3) is 2.94. The maximum Gasteiger partial charge on any atom is -0.0383 e. The molecule has 0 nitrogen and oxygen atoms in total. The van der Waals surface area contributed by atoms with Gasteiger partial charge in [0.15, 0.2) is 0 Å². The molecule has 0 saturated heterocycles. The summed E-state index contributed by atoms with van der Waals surface area (Å²) in [6.45, 7) is 8.88. The molecule has 0 aromatic rings. The highest BCUT2D eigenvalue weighted by Crippen LogP contribution is 2.51. The Morgan fingerprint density at radius 1 is 0.556 bits per heavy atom. The topological polar surface area (TPSA) is 0 Å². The predicted octanol–water partition coefficient (Wildman–Crippen LogP) is 5.91. The van der Waals surface area contributed by atoms with Crippen LogP contribution in [0, 0.1) is 35.5 Å². The van der Waals surface area contributed by atoms with Gasteiger partial charge in [-0.25, -0.2) is 0 Å². The van der Waals surface area contributed by atoms with Crippen LogP contribution in [0.15, 0.2) is 0 Å². The van der Waals surface area contributed by atoms with Crippen molar-refractivity contribution in [2.45, 2.75) is 79.1 Å². The largest absolute Gasteiger partial charge is 0.0683 e. The van der Waals surface area contributed by atoms with Crippen molar-refractivity contribution in [1.29, 1.82) is 0 Å². The van der Waals surface area contributed by atoms with Crippen molar-refractivity contribution in [1.82, 2.24) is 0 Å². The van der Waals surface area contributed by atoms with Crippen molar-refractivity contribution in [2.75, 3.05) is 0 Å². The molecule has 106 valence electrons. The van der Waals surface area contributed by atoms with Crippen molar-refractivity contribution in [3.63, 3.8) is 0 Å². The van der Waals surface area contributed by atoms with Gasteiger partial charge < -0.3 is 0 Å². The summed E-state index contributed by atoms with van der Waals surface area (Å²) in [7, 11) is 0. The summed E-state index contributed by atoms with van der Waals surface area (Å²) >= 11 is 0. The van der Waals surface area contributed by atoms with Gasteiger partial charge >= 0.3 is 0 Å². The van der Waals surface area contributed by atoms with E-state index in [0.29, 0.717) is 0 Å². The van der Waals surface area contributed by atoms with Gasteiger partial charge in [0.1, 0.15) is 0 Å². The quantitative estimate of drug-likeness (QED) is 0.501. The lowest BCUT2D eigenvalue weighted by atomic mass is 9.82. The fourth-order valence-corrected chi connectivity index (χ4v) is 5.04.